The second-order valence-corrected chi connectivity index (χ2v) is 10.8. The first-order valence-corrected chi connectivity index (χ1v) is 14.0. The van der Waals surface area contributed by atoms with E-state index in [4.69, 9.17) is 16.7 Å². The number of aromatic nitrogens is 5. The molecule has 1 aliphatic carbocycles. The zero-order chi connectivity index (χ0) is 26.8. The Kier molecular flexibility index (Phi) is 7.62. The normalized spacial score (nSPS) is 17.4. The third-order valence-corrected chi connectivity index (χ3v) is 7.82. The molecule has 0 aliphatic heterocycles. The highest BCUT2D eigenvalue weighted by atomic mass is 35.5. The summed E-state index contributed by atoms with van der Waals surface area (Å²) in [6.07, 6.45) is 7.44. The van der Waals surface area contributed by atoms with Crippen molar-refractivity contribution in [2.24, 2.45) is 5.92 Å². The molecule has 196 valence electrons. The minimum Gasteiger partial charge on any atom is -0.465 e. The van der Waals surface area contributed by atoms with Gasteiger partial charge in [-0.05, 0) is 68.5 Å². The van der Waals surface area contributed by atoms with Crippen molar-refractivity contribution in [2.45, 2.75) is 50.4 Å². The number of pyridine rings is 1. The van der Waals surface area contributed by atoms with Gasteiger partial charge >= 0.3 is 6.09 Å². The number of amides is 1. The Labute approximate surface area is 228 Å². The van der Waals surface area contributed by atoms with Crippen LogP contribution in [0.2, 0.25) is 5.02 Å². The fourth-order valence-corrected chi connectivity index (χ4v) is 5.64. The molecule has 1 fully saturated rings. The largest absolute Gasteiger partial charge is 0.465 e. The molecule has 1 saturated carbocycles. The van der Waals surface area contributed by atoms with E-state index in [9.17, 15) is 9.59 Å². The molecule has 0 radical (unpaired) electrons. The number of aryl methyl sites for hydroxylation is 1. The number of hydrogen-bond acceptors (Lipinski definition) is 7. The van der Waals surface area contributed by atoms with Gasteiger partial charge in [-0.15, -0.1) is 0 Å². The Morgan fingerprint density at radius 2 is 1.95 bits per heavy atom. The Morgan fingerprint density at radius 3 is 2.63 bits per heavy atom. The molecule has 0 spiro atoms. The molecular formula is C27H27ClN6O3S. The third-order valence-electron chi connectivity index (χ3n) is 6.95. The Hall–Kier alpha value is -3.50. The number of fused-ring (bicyclic) bond motifs is 1. The van der Waals surface area contributed by atoms with E-state index in [1.807, 2.05) is 31.4 Å². The molecule has 0 unspecified atom stereocenters. The Bertz CT molecular complexity index is 1570. The number of benzene rings is 1. The summed E-state index contributed by atoms with van der Waals surface area (Å²) in [6.45, 7) is 2.44. The van der Waals surface area contributed by atoms with Crippen LogP contribution in [-0.4, -0.2) is 48.2 Å². The van der Waals surface area contributed by atoms with Gasteiger partial charge in [0.1, 0.15) is 5.65 Å². The summed E-state index contributed by atoms with van der Waals surface area (Å²) in [4.78, 5) is 34.1. The molecule has 4 aromatic rings. The van der Waals surface area contributed by atoms with E-state index < -0.39 is 6.09 Å². The highest BCUT2D eigenvalue weighted by Gasteiger charge is 2.25. The first-order valence-electron chi connectivity index (χ1n) is 12.4. The SMILES string of the molecule is CSc1ncc2cc(-c3ccc(-c4cc(C)cnn4)cc3Cl)c(=O)n(CC3CCC(NC(=O)O)CC3)c2n1. The maximum Gasteiger partial charge on any atom is 0.404 e. The lowest BCUT2D eigenvalue weighted by atomic mass is 9.86. The van der Waals surface area contributed by atoms with Crippen molar-refractivity contribution >= 4 is 40.5 Å². The van der Waals surface area contributed by atoms with Gasteiger partial charge in [0.05, 0.1) is 11.9 Å². The molecule has 0 bridgehead atoms. The lowest BCUT2D eigenvalue weighted by molar-refractivity contribution is 0.181. The molecule has 38 heavy (non-hydrogen) atoms. The van der Waals surface area contributed by atoms with E-state index in [0.717, 1.165) is 42.2 Å². The van der Waals surface area contributed by atoms with E-state index >= 15 is 0 Å². The van der Waals surface area contributed by atoms with Crippen LogP contribution in [0, 0.1) is 12.8 Å². The highest BCUT2D eigenvalue weighted by Crippen LogP contribution is 2.32. The molecule has 9 nitrogen and oxygen atoms in total. The van der Waals surface area contributed by atoms with Gasteiger partial charge in [-0.2, -0.15) is 10.2 Å². The molecule has 3 heterocycles. The standard InChI is InChI=1S/C27H27ClN6O3S/c1-15-9-23(33-30-12-15)17-5-8-20(22(28)11-17)21-10-18-13-29-26(38-2)32-24(18)34(25(21)35)14-16-3-6-19(7-4-16)31-27(36)37/h5,8-13,16,19,31H,3-4,6-7,14H2,1-2H3,(H,36,37). The zero-order valence-electron chi connectivity index (χ0n) is 21.0. The van der Waals surface area contributed by atoms with Crippen LogP contribution in [0.25, 0.3) is 33.4 Å². The zero-order valence-corrected chi connectivity index (χ0v) is 22.6. The van der Waals surface area contributed by atoms with E-state index in [0.29, 0.717) is 39.2 Å². The minimum absolute atomic E-state index is 0.0515. The maximum atomic E-state index is 13.9. The van der Waals surface area contributed by atoms with E-state index in [1.165, 1.54) is 11.8 Å². The quantitative estimate of drug-likeness (QED) is 0.241. The van der Waals surface area contributed by atoms with Gasteiger partial charge in [0, 0.05) is 45.9 Å². The van der Waals surface area contributed by atoms with Gasteiger partial charge in [0.15, 0.2) is 5.16 Å². The lowest BCUT2D eigenvalue weighted by Gasteiger charge is -2.29. The van der Waals surface area contributed by atoms with Crippen LogP contribution in [0.4, 0.5) is 4.79 Å². The summed E-state index contributed by atoms with van der Waals surface area (Å²) in [7, 11) is 0. The van der Waals surface area contributed by atoms with Gasteiger partial charge in [-0.1, -0.05) is 35.5 Å². The van der Waals surface area contributed by atoms with Crippen LogP contribution < -0.4 is 10.9 Å². The topological polar surface area (TPSA) is 123 Å². The number of nitrogens with one attached hydrogen (secondary N) is 1. The lowest BCUT2D eigenvalue weighted by Crippen LogP contribution is -2.38. The molecule has 3 aromatic heterocycles. The molecule has 1 aromatic carbocycles. The van der Waals surface area contributed by atoms with Crippen molar-refractivity contribution in [1.29, 1.82) is 0 Å². The third kappa shape index (κ3) is 5.51. The van der Waals surface area contributed by atoms with Crippen molar-refractivity contribution in [3.8, 4) is 22.4 Å². The monoisotopic (exact) mass is 550 g/mol. The average Bonchev–Trinajstić information content (AvgIpc) is 2.90. The van der Waals surface area contributed by atoms with Crippen molar-refractivity contribution in [3.05, 3.63) is 63.7 Å². The molecule has 2 N–H and O–H groups in total. The summed E-state index contributed by atoms with van der Waals surface area (Å²) >= 11 is 8.16. The van der Waals surface area contributed by atoms with Gasteiger partial charge in [0.2, 0.25) is 0 Å². The van der Waals surface area contributed by atoms with E-state index in [1.54, 1.807) is 29.1 Å². The number of halogens is 1. The highest BCUT2D eigenvalue weighted by molar-refractivity contribution is 7.98. The smallest absolute Gasteiger partial charge is 0.404 e. The molecule has 1 amide bonds. The second kappa shape index (κ2) is 11.1. The van der Waals surface area contributed by atoms with Gasteiger partial charge in [0.25, 0.3) is 5.56 Å². The number of carbonyl (C=O) groups is 1. The van der Waals surface area contributed by atoms with E-state index in [2.05, 4.69) is 25.5 Å². The summed E-state index contributed by atoms with van der Waals surface area (Å²) in [5.41, 5.74) is 4.04. The summed E-state index contributed by atoms with van der Waals surface area (Å²) in [5, 5.41) is 21.6. The van der Waals surface area contributed by atoms with Crippen molar-refractivity contribution < 1.29 is 9.90 Å². The number of nitrogens with zero attached hydrogens (tertiary/aromatic N) is 5. The number of thioether (sulfide) groups is 1. The van der Waals surface area contributed by atoms with Crippen molar-refractivity contribution in [1.82, 2.24) is 30.0 Å². The van der Waals surface area contributed by atoms with Crippen LogP contribution in [0.15, 0.2) is 52.7 Å². The predicted molar refractivity (Wildman–Crippen MR) is 149 cm³/mol. The van der Waals surface area contributed by atoms with Crippen LogP contribution in [0.1, 0.15) is 31.2 Å². The minimum atomic E-state index is -0.998. The Morgan fingerprint density at radius 1 is 1.16 bits per heavy atom. The summed E-state index contributed by atoms with van der Waals surface area (Å²) < 4.78 is 1.73. The predicted octanol–water partition coefficient (Wildman–Crippen LogP) is 5.43. The second-order valence-electron chi connectivity index (χ2n) is 9.59. The molecule has 0 saturated heterocycles. The van der Waals surface area contributed by atoms with Crippen LogP contribution in [0.3, 0.4) is 0 Å². The fraction of sp³-hybridized carbons (Fsp3) is 0.333. The molecular weight excluding hydrogens is 524 g/mol. The average molecular weight is 551 g/mol. The van der Waals surface area contributed by atoms with Gasteiger partial charge in [-0.25, -0.2) is 14.8 Å². The Balaban J connectivity index is 1.54. The number of carboxylic acid groups (broad SMARTS) is 1. The molecule has 0 atom stereocenters. The summed E-state index contributed by atoms with van der Waals surface area (Å²) in [5.74, 6) is 0.225. The number of rotatable bonds is 6. The van der Waals surface area contributed by atoms with Crippen LogP contribution in [0.5, 0.6) is 0 Å². The molecule has 5 rings (SSSR count). The van der Waals surface area contributed by atoms with Crippen LogP contribution >= 0.6 is 23.4 Å². The maximum absolute atomic E-state index is 13.9. The first kappa shape index (κ1) is 26.1. The molecule has 1 aliphatic rings. The van der Waals surface area contributed by atoms with Crippen LogP contribution in [-0.2, 0) is 6.54 Å². The summed E-state index contributed by atoms with van der Waals surface area (Å²) in [6, 6.07) is 9.22. The fourth-order valence-electron chi connectivity index (χ4n) is 5.02. The van der Waals surface area contributed by atoms with Gasteiger partial charge < -0.3 is 10.4 Å². The van der Waals surface area contributed by atoms with Gasteiger partial charge in [-0.3, -0.25) is 9.36 Å². The number of hydrogen-bond donors (Lipinski definition) is 2. The molecule has 11 heteroatoms. The first-order chi connectivity index (χ1) is 18.3. The van der Waals surface area contributed by atoms with Crippen molar-refractivity contribution in [3.63, 3.8) is 0 Å². The van der Waals surface area contributed by atoms with Crippen molar-refractivity contribution in [2.75, 3.05) is 6.26 Å². The van der Waals surface area contributed by atoms with E-state index in [-0.39, 0.29) is 17.5 Å².